The van der Waals surface area contributed by atoms with Gasteiger partial charge in [-0.1, -0.05) is 17.7 Å². The highest BCUT2D eigenvalue weighted by Crippen LogP contribution is 2.21. The molecule has 1 saturated heterocycles. The number of anilines is 1. The first-order valence-corrected chi connectivity index (χ1v) is 10.6. The lowest BCUT2D eigenvalue weighted by atomic mass is 10.1. The molecule has 0 saturated carbocycles. The SMILES string of the molecule is COCCCNC(=O)[C@H]1CCCN1C(=O)c1ccc(NC(=O)c2ccc(C)cc2)cc1. The van der Waals surface area contributed by atoms with Crippen molar-refractivity contribution in [3.8, 4) is 0 Å². The lowest BCUT2D eigenvalue weighted by Crippen LogP contribution is -2.46. The molecule has 3 rings (SSSR count). The summed E-state index contributed by atoms with van der Waals surface area (Å²) in [6, 6.07) is 13.6. The van der Waals surface area contributed by atoms with Crippen LogP contribution in [0.3, 0.4) is 0 Å². The standard InChI is InChI=1S/C24H29N3O4/c1-17-6-8-18(9-7-17)22(28)26-20-12-10-19(11-13-20)24(30)27-15-3-5-21(27)23(29)25-14-4-16-31-2/h6-13,21H,3-5,14-16H2,1-2H3,(H,25,29)(H,26,28)/t21-/m1/s1. The Kier molecular flexibility index (Phi) is 7.78. The fourth-order valence-electron chi connectivity index (χ4n) is 3.60. The summed E-state index contributed by atoms with van der Waals surface area (Å²) < 4.78 is 4.99. The normalized spacial score (nSPS) is 15.5. The molecule has 2 N–H and O–H groups in total. The Morgan fingerprint density at radius 1 is 1.03 bits per heavy atom. The summed E-state index contributed by atoms with van der Waals surface area (Å²) in [4.78, 5) is 39.4. The number of ether oxygens (including phenoxy) is 1. The molecule has 1 fully saturated rings. The number of likely N-dealkylation sites (tertiary alicyclic amines) is 1. The van der Waals surface area contributed by atoms with Crippen LogP contribution in [0.15, 0.2) is 48.5 Å². The number of benzene rings is 2. The van der Waals surface area contributed by atoms with Crippen LogP contribution in [0.5, 0.6) is 0 Å². The third-order valence-corrected chi connectivity index (χ3v) is 5.34. The summed E-state index contributed by atoms with van der Waals surface area (Å²) in [7, 11) is 1.62. The molecule has 7 nitrogen and oxygen atoms in total. The van der Waals surface area contributed by atoms with Crippen LogP contribution in [0.25, 0.3) is 0 Å². The molecule has 0 bridgehead atoms. The maximum absolute atomic E-state index is 13.0. The highest BCUT2D eigenvalue weighted by molar-refractivity contribution is 6.04. The van der Waals surface area contributed by atoms with Crippen LogP contribution < -0.4 is 10.6 Å². The molecule has 1 heterocycles. The maximum Gasteiger partial charge on any atom is 0.255 e. The summed E-state index contributed by atoms with van der Waals surface area (Å²) in [6.07, 6.45) is 2.19. The van der Waals surface area contributed by atoms with Crippen LogP contribution in [0, 0.1) is 6.92 Å². The highest BCUT2D eigenvalue weighted by Gasteiger charge is 2.34. The van der Waals surface area contributed by atoms with Gasteiger partial charge in [-0.05, 0) is 62.6 Å². The first-order chi connectivity index (χ1) is 15.0. The maximum atomic E-state index is 13.0. The van der Waals surface area contributed by atoms with Crippen LogP contribution in [0.4, 0.5) is 5.69 Å². The minimum atomic E-state index is -0.448. The summed E-state index contributed by atoms with van der Waals surface area (Å²) in [5.74, 6) is -0.501. The van der Waals surface area contributed by atoms with Gasteiger partial charge in [0.25, 0.3) is 11.8 Å². The third kappa shape index (κ3) is 5.92. The monoisotopic (exact) mass is 423 g/mol. The molecule has 7 heteroatoms. The molecule has 31 heavy (non-hydrogen) atoms. The van der Waals surface area contributed by atoms with Crippen molar-refractivity contribution in [1.82, 2.24) is 10.2 Å². The van der Waals surface area contributed by atoms with E-state index >= 15 is 0 Å². The number of aryl methyl sites for hydroxylation is 1. The minimum Gasteiger partial charge on any atom is -0.385 e. The molecule has 1 atom stereocenters. The molecule has 2 aromatic rings. The van der Waals surface area contributed by atoms with Gasteiger partial charge in [-0.25, -0.2) is 0 Å². The average molecular weight is 424 g/mol. The predicted molar refractivity (Wildman–Crippen MR) is 119 cm³/mol. The topological polar surface area (TPSA) is 87.7 Å². The van der Waals surface area contributed by atoms with E-state index in [4.69, 9.17) is 4.74 Å². The third-order valence-electron chi connectivity index (χ3n) is 5.34. The van der Waals surface area contributed by atoms with Crippen molar-refractivity contribution in [3.05, 3.63) is 65.2 Å². The van der Waals surface area contributed by atoms with Gasteiger partial charge in [-0.3, -0.25) is 14.4 Å². The zero-order valence-electron chi connectivity index (χ0n) is 18.0. The van der Waals surface area contributed by atoms with Crippen molar-refractivity contribution >= 4 is 23.4 Å². The molecule has 164 valence electrons. The van der Waals surface area contributed by atoms with E-state index < -0.39 is 6.04 Å². The van der Waals surface area contributed by atoms with E-state index in [0.29, 0.717) is 42.9 Å². The second kappa shape index (κ2) is 10.7. The first-order valence-electron chi connectivity index (χ1n) is 10.6. The zero-order valence-corrected chi connectivity index (χ0v) is 18.0. The van der Waals surface area contributed by atoms with Crippen LogP contribution in [-0.4, -0.2) is 55.5 Å². The Morgan fingerprint density at radius 2 is 1.71 bits per heavy atom. The van der Waals surface area contributed by atoms with E-state index in [9.17, 15) is 14.4 Å². The smallest absolute Gasteiger partial charge is 0.255 e. The molecule has 2 aromatic carbocycles. The predicted octanol–water partition coefficient (Wildman–Crippen LogP) is 3.00. The Labute approximate surface area is 182 Å². The quantitative estimate of drug-likeness (QED) is 0.639. The Bertz CT molecular complexity index is 909. The van der Waals surface area contributed by atoms with E-state index in [2.05, 4.69) is 10.6 Å². The van der Waals surface area contributed by atoms with E-state index in [1.54, 1.807) is 48.4 Å². The van der Waals surface area contributed by atoms with Crippen LogP contribution in [-0.2, 0) is 9.53 Å². The molecule has 0 radical (unpaired) electrons. The molecule has 3 amide bonds. The Balaban J connectivity index is 1.59. The fraction of sp³-hybridized carbons (Fsp3) is 0.375. The van der Waals surface area contributed by atoms with Gasteiger partial charge in [0, 0.05) is 43.6 Å². The van der Waals surface area contributed by atoms with Crippen molar-refractivity contribution in [2.45, 2.75) is 32.2 Å². The van der Waals surface area contributed by atoms with Gasteiger partial charge in [-0.15, -0.1) is 0 Å². The van der Waals surface area contributed by atoms with Gasteiger partial charge in [-0.2, -0.15) is 0 Å². The molecule has 0 aromatic heterocycles. The molecule has 0 spiro atoms. The van der Waals surface area contributed by atoms with Gasteiger partial charge in [0.05, 0.1) is 0 Å². The highest BCUT2D eigenvalue weighted by atomic mass is 16.5. The second-order valence-electron chi connectivity index (χ2n) is 7.69. The van der Waals surface area contributed by atoms with Gasteiger partial charge >= 0.3 is 0 Å². The van der Waals surface area contributed by atoms with E-state index in [1.807, 2.05) is 19.1 Å². The molecule has 1 aliphatic rings. The number of nitrogens with one attached hydrogen (secondary N) is 2. The number of rotatable bonds is 8. The van der Waals surface area contributed by atoms with Crippen molar-refractivity contribution in [3.63, 3.8) is 0 Å². The summed E-state index contributed by atoms with van der Waals surface area (Å²) in [5.41, 5.74) is 2.76. The van der Waals surface area contributed by atoms with Crippen LogP contribution in [0.2, 0.25) is 0 Å². The van der Waals surface area contributed by atoms with Crippen LogP contribution >= 0.6 is 0 Å². The molecule has 0 unspecified atom stereocenters. The van der Waals surface area contributed by atoms with Gasteiger partial charge in [0.15, 0.2) is 0 Å². The number of hydrogen-bond acceptors (Lipinski definition) is 4. The fourth-order valence-corrected chi connectivity index (χ4v) is 3.60. The van der Waals surface area contributed by atoms with Gasteiger partial charge in [0.1, 0.15) is 6.04 Å². The number of hydrogen-bond donors (Lipinski definition) is 2. The molecule has 0 aliphatic carbocycles. The average Bonchev–Trinajstić information content (AvgIpc) is 3.27. The molecular formula is C24H29N3O4. The van der Waals surface area contributed by atoms with Gasteiger partial charge in [0.2, 0.25) is 5.91 Å². The number of amides is 3. The summed E-state index contributed by atoms with van der Waals surface area (Å²) in [5, 5.41) is 5.72. The van der Waals surface area contributed by atoms with E-state index in [1.165, 1.54) is 0 Å². The van der Waals surface area contributed by atoms with E-state index in [-0.39, 0.29) is 17.7 Å². The summed E-state index contributed by atoms with van der Waals surface area (Å²) >= 11 is 0. The summed E-state index contributed by atoms with van der Waals surface area (Å²) in [6.45, 7) is 3.63. The molecule has 1 aliphatic heterocycles. The van der Waals surface area contributed by atoms with Crippen molar-refractivity contribution < 1.29 is 19.1 Å². The lowest BCUT2D eigenvalue weighted by Gasteiger charge is -2.24. The number of methoxy groups -OCH3 is 1. The number of carbonyl (C=O) groups excluding carboxylic acids is 3. The largest absolute Gasteiger partial charge is 0.385 e. The Hall–Kier alpha value is -3.19. The van der Waals surface area contributed by atoms with Gasteiger partial charge < -0.3 is 20.3 Å². The Morgan fingerprint density at radius 3 is 2.39 bits per heavy atom. The molecular weight excluding hydrogens is 394 g/mol. The minimum absolute atomic E-state index is 0.121. The number of carbonyl (C=O) groups is 3. The van der Waals surface area contributed by atoms with Crippen molar-refractivity contribution in [1.29, 1.82) is 0 Å². The second-order valence-corrected chi connectivity index (χ2v) is 7.69. The number of nitrogens with zero attached hydrogens (tertiary/aromatic N) is 1. The zero-order chi connectivity index (χ0) is 22.2. The lowest BCUT2D eigenvalue weighted by molar-refractivity contribution is -0.124. The van der Waals surface area contributed by atoms with E-state index in [0.717, 1.165) is 18.4 Å². The van der Waals surface area contributed by atoms with Crippen molar-refractivity contribution in [2.24, 2.45) is 0 Å². The first kappa shape index (κ1) is 22.5. The van der Waals surface area contributed by atoms with Crippen molar-refractivity contribution in [2.75, 3.05) is 32.1 Å². The van der Waals surface area contributed by atoms with Crippen LogP contribution in [0.1, 0.15) is 45.5 Å².